The molecule has 19 heavy (non-hydrogen) atoms. The van der Waals surface area contributed by atoms with Gasteiger partial charge in [-0.15, -0.1) is 0 Å². The predicted octanol–water partition coefficient (Wildman–Crippen LogP) is 8.74. The van der Waals surface area contributed by atoms with Crippen LogP contribution in [0.15, 0.2) is 0 Å². The quantitative estimate of drug-likeness (QED) is 0.375. The average molecular weight is 450 g/mol. The van der Waals surface area contributed by atoms with Crippen molar-refractivity contribution in [3.63, 3.8) is 0 Å². The van der Waals surface area contributed by atoms with Gasteiger partial charge in [-0.1, -0.05) is 123 Å². The summed E-state index contributed by atoms with van der Waals surface area (Å²) in [6.07, 6.45) is 5.14. The van der Waals surface area contributed by atoms with Crippen LogP contribution in [-0.4, -0.2) is 0 Å². The van der Waals surface area contributed by atoms with E-state index < -0.39 is 0 Å². The Labute approximate surface area is 143 Å². The number of unbranched alkanes of at least 4 members (excludes halogenated alkanes) is 1. The van der Waals surface area contributed by atoms with Crippen LogP contribution in [0.2, 0.25) is 0 Å². The Balaban J connectivity index is -0.0000000126. The van der Waals surface area contributed by atoms with Gasteiger partial charge in [0.25, 0.3) is 0 Å². The van der Waals surface area contributed by atoms with Crippen LogP contribution in [0.4, 0.5) is 0 Å². The molecule has 0 aromatic heterocycles. The number of hydrogen-bond acceptors (Lipinski definition) is 0. The topological polar surface area (TPSA) is 0 Å². The second-order valence-electron chi connectivity index (χ2n) is 2.41. The molecule has 0 spiro atoms. The first-order chi connectivity index (χ1) is 8.74. The molecule has 0 N–H and O–H groups in total. The van der Waals surface area contributed by atoms with E-state index in [1.807, 2.05) is 55.4 Å². The number of hydrogen-bond donors (Lipinski definition) is 0. The Morgan fingerprint density at radius 3 is 0.421 bits per heavy atom. The van der Waals surface area contributed by atoms with Crippen LogP contribution in [0, 0.1) is 0 Å². The molecular weight excluding hydrogens is 400 g/mol. The fraction of sp³-hybridized carbons (Fsp3) is 1.00. The van der Waals surface area contributed by atoms with E-state index in [0.29, 0.717) is 0 Å². The van der Waals surface area contributed by atoms with E-state index in [2.05, 4.69) is 41.5 Å². The molecule has 0 aliphatic heterocycles. The van der Waals surface area contributed by atoms with Crippen LogP contribution in [0.3, 0.4) is 0 Å². The van der Waals surface area contributed by atoms with Crippen LogP contribution in [-0.2, 0) is 21.1 Å². The fourth-order valence-corrected chi connectivity index (χ4v) is 0. The Morgan fingerprint density at radius 1 is 0.368 bits per heavy atom. The normalized spacial score (nSPS) is 4.74. The van der Waals surface area contributed by atoms with Crippen LogP contribution < -0.4 is 0 Å². The van der Waals surface area contributed by atoms with Gasteiger partial charge in [0, 0.05) is 21.1 Å². The molecule has 0 aromatic rings. The molecule has 0 saturated heterocycles. The maximum absolute atomic E-state index is 2.18. The van der Waals surface area contributed by atoms with E-state index in [1.54, 1.807) is 0 Å². The largest absolute Gasteiger partial charge is 0.0683 e. The van der Waals surface area contributed by atoms with Gasteiger partial charge in [-0.3, -0.25) is 0 Å². The molecule has 0 unspecified atom stereocenters. The van der Waals surface area contributed by atoms with Crippen molar-refractivity contribution in [1.29, 1.82) is 0 Å². The Bertz CT molecular complexity index is 17.7. The van der Waals surface area contributed by atoms with Crippen molar-refractivity contribution < 1.29 is 21.1 Å². The molecule has 0 rings (SSSR count). The van der Waals surface area contributed by atoms with Crippen LogP contribution in [0.25, 0.3) is 0 Å². The molecule has 0 atom stereocenters. The van der Waals surface area contributed by atoms with E-state index in [0.717, 1.165) is 0 Å². The fourth-order valence-electron chi connectivity index (χ4n) is 0. The minimum atomic E-state index is 0. The van der Waals surface area contributed by atoms with Crippen molar-refractivity contribution in [2.24, 2.45) is 0 Å². The zero-order valence-corrected chi connectivity index (χ0v) is 20.2. The molecule has 0 fully saturated rings. The summed E-state index contributed by atoms with van der Waals surface area (Å²) in [5.41, 5.74) is 0. The smallest absolute Gasteiger partial charge is 0 e. The number of rotatable bonds is 1. The summed E-state index contributed by atoms with van der Waals surface area (Å²) in [5.74, 6) is 0. The predicted molar refractivity (Wildman–Crippen MR) is 97.9 cm³/mol. The van der Waals surface area contributed by atoms with Gasteiger partial charge in [0.2, 0.25) is 0 Å². The maximum atomic E-state index is 2.18. The van der Waals surface area contributed by atoms with Gasteiger partial charge < -0.3 is 0 Å². The van der Waals surface area contributed by atoms with Crippen molar-refractivity contribution in [3.8, 4) is 0 Å². The molecule has 0 aromatic carbocycles. The van der Waals surface area contributed by atoms with Gasteiger partial charge in [-0.2, -0.15) is 0 Å². The monoisotopic (exact) mass is 450 g/mol. The molecule has 128 valence electrons. The zero-order valence-electron chi connectivity index (χ0n) is 17.2. The van der Waals surface area contributed by atoms with Gasteiger partial charge in [-0.25, -0.2) is 0 Å². The van der Waals surface area contributed by atoms with Gasteiger partial charge in [-0.05, 0) is 0 Å². The summed E-state index contributed by atoms with van der Waals surface area (Å²) in [7, 11) is 0. The first-order valence-corrected chi connectivity index (χ1v) is 8.74. The third-order valence-electron chi connectivity index (χ3n) is 0.500. The van der Waals surface area contributed by atoms with Crippen molar-refractivity contribution in [1.82, 2.24) is 0 Å². The molecule has 0 bridgehead atoms. The van der Waals surface area contributed by atoms with Gasteiger partial charge in [0.15, 0.2) is 0 Å². The van der Waals surface area contributed by atoms with Crippen molar-refractivity contribution in [2.45, 2.75) is 123 Å². The minimum absolute atomic E-state index is 0. The van der Waals surface area contributed by atoms with E-state index in [9.17, 15) is 0 Å². The third kappa shape index (κ3) is 1830. The Kier molecular flexibility index (Phi) is 705. The average Bonchev–Trinajstić information content (AvgIpc) is 2.49. The molecule has 0 aliphatic rings. The van der Waals surface area contributed by atoms with E-state index in [1.165, 1.54) is 25.7 Å². The van der Waals surface area contributed by atoms with Crippen LogP contribution in [0.5, 0.6) is 0 Å². The molecule has 0 aliphatic carbocycles. The summed E-state index contributed by atoms with van der Waals surface area (Å²) in [6.45, 7) is 28.9. The molecular formula is C18H50W. The molecule has 1 heteroatoms. The summed E-state index contributed by atoms with van der Waals surface area (Å²) < 4.78 is 0. The second kappa shape index (κ2) is 266. The third-order valence-corrected chi connectivity index (χ3v) is 0.500. The molecule has 0 saturated carbocycles. The second-order valence-corrected chi connectivity index (χ2v) is 2.41. The molecule has 0 nitrogen and oxygen atoms in total. The summed E-state index contributed by atoms with van der Waals surface area (Å²) in [6, 6.07) is 0. The van der Waals surface area contributed by atoms with E-state index in [-0.39, 0.29) is 21.1 Å². The minimum Gasteiger partial charge on any atom is -0.0683 e. The SMILES string of the molecule is CC.CC.CC.CC.CCC.CCC.CCCC.[W]. The van der Waals surface area contributed by atoms with Crippen LogP contribution >= 0.6 is 0 Å². The molecule has 0 amide bonds. The summed E-state index contributed by atoms with van der Waals surface area (Å²) in [4.78, 5) is 0. The molecule has 0 radical (unpaired) electrons. The Hall–Kier alpha value is 0.688. The van der Waals surface area contributed by atoms with E-state index in [4.69, 9.17) is 0 Å². The standard InChI is InChI=1S/C4H10.2C3H8.4C2H6.W/c1-3-4-2;2*1-3-2;4*1-2;/h3-4H2,1-2H3;2*3H2,1-2H3;4*1-2H3;. The Morgan fingerprint density at radius 2 is 0.421 bits per heavy atom. The van der Waals surface area contributed by atoms with Crippen molar-refractivity contribution in [2.75, 3.05) is 0 Å². The summed E-state index contributed by atoms with van der Waals surface area (Å²) >= 11 is 0. The van der Waals surface area contributed by atoms with Crippen molar-refractivity contribution in [3.05, 3.63) is 0 Å². The first-order valence-electron chi connectivity index (χ1n) is 8.74. The van der Waals surface area contributed by atoms with Crippen molar-refractivity contribution >= 4 is 0 Å². The van der Waals surface area contributed by atoms with Crippen LogP contribution in [0.1, 0.15) is 123 Å². The summed E-state index contributed by atoms with van der Waals surface area (Å²) in [5, 5.41) is 0. The van der Waals surface area contributed by atoms with Gasteiger partial charge in [0.05, 0.1) is 0 Å². The first kappa shape index (κ1) is 50.3. The zero-order chi connectivity index (χ0) is 16.8. The van der Waals surface area contributed by atoms with Gasteiger partial charge in [0.1, 0.15) is 0 Å². The van der Waals surface area contributed by atoms with E-state index >= 15 is 0 Å². The van der Waals surface area contributed by atoms with Gasteiger partial charge >= 0.3 is 0 Å². The maximum Gasteiger partial charge on any atom is 0 e. The molecule has 0 heterocycles.